The van der Waals surface area contributed by atoms with Gasteiger partial charge in [0, 0.05) is 37.5 Å². The van der Waals surface area contributed by atoms with E-state index in [1.165, 1.54) is 0 Å². The SMILES string of the molecule is O=C1C[C@@H](c2cnc(NCc3ccccc3)nc2)c2c(nc3ccccn23)CN1. The van der Waals surface area contributed by atoms with Gasteiger partial charge in [0.1, 0.15) is 5.65 Å². The number of fused-ring (bicyclic) bond motifs is 3. The Morgan fingerprint density at radius 3 is 2.69 bits per heavy atom. The number of carbonyl (C=O) groups is 1. The summed E-state index contributed by atoms with van der Waals surface area (Å²) in [6.45, 7) is 1.09. The molecule has 4 aromatic rings. The number of pyridine rings is 1. The number of carbonyl (C=O) groups excluding carboxylic acids is 1. The molecule has 7 nitrogen and oxygen atoms in total. The lowest BCUT2D eigenvalue weighted by Crippen LogP contribution is -2.21. The third-order valence-electron chi connectivity index (χ3n) is 5.18. The van der Waals surface area contributed by atoms with Gasteiger partial charge in [-0.25, -0.2) is 15.0 Å². The molecule has 3 aromatic heterocycles. The van der Waals surface area contributed by atoms with Gasteiger partial charge in [-0.05, 0) is 23.3 Å². The molecule has 2 N–H and O–H groups in total. The van der Waals surface area contributed by atoms with E-state index in [4.69, 9.17) is 4.98 Å². The Bertz CT molecular complexity index is 1150. The molecule has 0 saturated heterocycles. The predicted octanol–water partition coefficient (Wildman–Crippen LogP) is 2.89. The summed E-state index contributed by atoms with van der Waals surface area (Å²) < 4.78 is 2.06. The van der Waals surface area contributed by atoms with E-state index in [1.807, 2.05) is 42.6 Å². The lowest BCUT2D eigenvalue weighted by molar-refractivity contribution is -0.121. The maximum atomic E-state index is 12.3. The predicted molar refractivity (Wildman–Crippen MR) is 109 cm³/mol. The Morgan fingerprint density at radius 2 is 1.86 bits per heavy atom. The number of hydrogen-bond acceptors (Lipinski definition) is 5. The summed E-state index contributed by atoms with van der Waals surface area (Å²) in [4.78, 5) is 26.0. The molecule has 0 radical (unpaired) electrons. The number of anilines is 1. The second kappa shape index (κ2) is 7.35. The zero-order chi connectivity index (χ0) is 19.6. The molecular weight excluding hydrogens is 364 g/mol. The Labute approximate surface area is 167 Å². The van der Waals surface area contributed by atoms with E-state index in [-0.39, 0.29) is 11.8 Å². The molecule has 1 aliphatic heterocycles. The Balaban J connectivity index is 1.44. The van der Waals surface area contributed by atoms with Gasteiger partial charge < -0.3 is 15.0 Å². The summed E-state index contributed by atoms with van der Waals surface area (Å²) in [7, 11) is 0. The first-order valence-corrected chi connectivity index (χ1v) is 9.60. The first-order valence-electron chi connectivity index (χ1n) is 9.60. The van der Waals surface area contributed by atoms with Gasteiger partial charge in [0.2, 0.25) is 11.9 Å². The van der Waals surface area contributed by atoms with Crippen LogP contribution >= 0.6 is 0 Å². The Morgan fingerprint density at radius 1 is 1.07 bits per heavy atom. The summed E-state index contributed by atoms with van der Waals surface area (Å²) in [6, 6.07) is 16.0. The van der Waals surface area contributed by atoms with Crippen molar-refractivity contribution in [2.45, 2.75) is 25.4 Å². The van der Waals surface area contributed by atoms with Gasteiger partial charge in [0.25, 0.3) is 0 Å². The maximum Gasteiger partial charge on any atom is 0.222 e. The minimum Gasteiger partial charge on any atom is -0.350 e. The van der Waals surface area contributed by atoms with E-state index in [0.717, 1.165) is 28.2 Å². The van der Waals surface area contributed by atoms with Crippen LogP contribution in [-0.4, -0.2) is 25.3 Å². The van der Waals surface area contributed by atoms with E-state index < -0.39 is 0 Å². The molecule has 144 valence electrons. The summed E-state index contributed by atoms with van der Waals surface area (Å²) in [5.74, 6) is 0.422. The van der Waals surface area contributed by atoms with Crippen LogP contribution in [0.25, 0.3) is 5.65 Å². The molecule has 0 bridgehead atoms. The van der Waals surface area contributed by atoms with Gasteiger partial charge in [0.15, 0.2) is 0 Å². The molecule has 5 rings (SSSR count). The molecule has 0 saturated carbocycles. The van der Waals surface area contributed by atoms with E-state index in [0.29, 0.717) is 25.5 Å². The van der Waals surface area contributed by atoms with Gasteiger partial charge >= 0.3 is 0 Å². The minimum atomic E-state index is -0.145. The number of benzene rings is 1. The smallest absolute Gasteiger partial charge is 0.222 e. The zero-order valence-electron chi connectivity index (χ0n) is 15.7. The molecule has 0 spiro atoms. The second-order valence-electron chi connectivity index (χ2n) is 7.09. The number of hydrogen-bond donors (Lipinski definition) is 2. The van der Waals surface area contributed by atoms with Gasteiger partial charge in [-0.3, -0.25) is 4.79 Å². The van der Waals surface area contributed by atoms with Crippen LogP contribution in [0.15, 0.2) is 67.1 Å². The highest BCUT2D eigenvalue weighted by Crippen LogP contribution is 2.32. The molecule has 0 aliphatic carbocycles. The average molecular weight is 384 g/mol. The maximum absolute atomic E-state index is 12.3. The van der Waals surface area contributed by atoms with Crippen molar-refractivity contribution in [1.82, 2.24) is 24.7 Å². The molecule has 0 unspecified atom stereocenters. The number of rotatable bonds is 4. The van der Waals surface area contributed by atoms with Crippen LogP contribution in [0.3, 0.4) is 0 Å². The highest BCUT2D eigenvalue weighted by Gasteiger charge is 2.29. The van der Waals surface area contributed by atoms with Gasteiger partial charge in [-0.2, -0.15) is 0 Å². The first-order chi connectivity index (χ1) is 14.3. The number of nitrogens with zero attached hydrogens (tertiary/aromatic N) is 4. The van der Waals surface area contributed by atoms with Crippen LogP contribution in [0, 0.1) is 0 Å². The van der Waals surface area contributed by atoms with Crippen molar-refractivity contribution in [1.29, 1.82) is 0 Å². The molecule has 29 heavy (non-hydrogen) atoms. The van der Waals surface area contributed by atoms with Crippen molar-refractivity contribution in [3.8, 4) is 0 Å². The highest BCUT2D eigenvalue weighted by atomic mass is 16.1. The Kier molecular flexibility index (Phi) is 4.40. The fourth-order valence-electron chi connectivity index (χ4n) is 3.76. The third-order valence-corrected chi connectivity index (χ3v) is 5.18. The summed E-state index contributed by atoms with van der Waals surface area (Å²) >= 11 is 0. The second-order valence-corrected chi connectivity index (χ2v) is 7.09. The van der Waals surface area contributed by atoms with Crippen molar-refractivity contribution < 1.29 is 4.79 Å². The number of amides is 1. The molecule has 1 aliphatic rings. The minimum absolute atomic E-state index is 0.00367. The van der Waals surface area contributed by atoms with Crippen LogP contribution in [0.4, 0.5) is 5.95 Å². The molecule has 7 heteroatoms. The van der Waals surface area contributed by atoms with Crippen molar-refractivity contribution in [2.75, 3.05) is 5.32 Å². The number of imidazole rings is 1. The lowest BCUT2D eigenvalue weighted by Gasteiger charge is -2.15. The van der Waals surface area contributed by atoms with E-state index in [2.05, 4.69) is 37.1 Å². The zero-order valence-corrected chi connectivity index (χ0v) is 15.7. The highest BCUT2D eigenvalue weighted by molar-refractivity contribution is 5.78. The van der Waals surface area contributed by atoms with Crippen molar-refractivity contribution in [3.05, 3.63) is 89.6 Å². The van der Waals surface area contributed by atoms with Gasteiger partial charge in [-0.15, -0.1) is 0 Å². The van der Waals surface area contributed by atoms with Crippen LogP contribution in [0.2, 0.25) is 0 Å². The first kappa shape index (κ1) is 17.4. The van der Waals surface area contributed by atoms with Crippen molar-refractivity contribution in [3.63, 3.8) is 0 Å². The average Bonchev–Trinajstić information content (AvgIpc) is 3.05. The van der Waals surface area contributed by atoms with E-state index in [9.17, 15) is 4.79 Å². The monoisotopic (exact) mass is 384 g/mol. The van der Waals surface area contributed by atoms with E-state index >= 15 is 0 Å². The van der Waals surface area contributed by atoms with Gasteiger partial charge in [-0.1, -0.05) is 36.4 Å². The largest absolute Gasteiger partial charge is 0.350 e. The number of nitrogens with one attached hydrogen (secondary N) is 2. The standard InChI is InChI=1S/C22H20N6O/c29-20-10-17(21-18(14-23-20)27-19-8-4-5-9-28(19)21)16-12-25-22(26-13-16)24-11-15-6-2-1-3-7-15/h1-9,12-13,17H,10-11,14H2,(H,23,29)(H,24,25,26)/t17-/m0/s1. The normalized spacial score (nSPS) is 16.1. The molecule has 1 amide bonds. The topological polar surface area (TPSA) is 84.2 Å². The van der Waals surface area contributed by atoms with Crippen molar-refractivity contribution in [2.24, 2.45) is 0 Å². The quantitative estimate of drug-likeness (QED) is 0.565. The molecule has 4 heterocycles. The fourth-order valence-corrected chi connectivity index (χ4v) is 3.76. The summed E-state index contributed by atoms with van der Waals surface area (Å²) in [6.07, 6.45) is 5.93. The van der Waals surface area contributed by atoms with Crippen LogP contribution in [0.5, 0.6) is 0 Å². The van der Waals surface area contributed by atoms with Crippen LogP contribution in [-0.2, 0) is 17.9 Å². The van der Waals surface area contributed by atoms with Crippen LogP contribution < -0.4 is 10.6 Å². The molecule has 1 atom stereocenters. The summed E-state index contributed by atoms with van der Waals surface area (Å²) in [5.41, 5.74) is 4.85. The van der Waals surface area contributed by atoms with Gasteiger partial charge in [0.05, 0.1) is 17.9 Å². The van der Waals surface area contributed by atoms with Crippen LogP contribution in [0.1, 0.15) is 34.9 Å². The van der Waals surface area contributed by atoms with E-state index in [1.54, 1.807) is 12.4 Å². The third kappa shape index (κ3) is 3.42. The Hall–Kier alpha value is -3.74. The molecule has 1 aromatic carbocycles. The fraction of sp³-hybridized carbons (Fsp3) is 0.182. The number of aromatic nitrogens is 4. The molecular formula is C22H20N6O. The van der Waals surface area contributed by atoms with Crippen molar-refractivity contribution >= 4 is 17.5 Å². The summed E-state index contributed by atoms with van der Waals surface area (Å²) in [5, 5.41) is 6.18. The lowest BCUT2D eigenvalue weighted by atomic mass is 9.94. The molecule has 0 fully saturated rings.